The number of anilines is 1. The molecule has 1 saturated heterocycles. The number of nitrogens with zero attached hydrogens (tertiary/aromatic N) is 2. The average molecular weight is 312 g/mol. The predicted octanol–water partition coefficient (Wildman–Crippen LogP) is 2.31. The van der Waals surface area contributed by atoms with E-state index in [1.54, 1.807) is 0 Å². The smallest absolute Gasteiger partial charge is 0.0511 e. The molecule has 3 nitrogen and oxygen atoms in total. The first kappa shape index (κ1) is 13.8. The number of piperidine rings is 1. The fraction of sp³-hybridized carbons (Fsp3) is 0.571. The summed E-state index contributed by atoms with van der Waals surface area (Å²) in [6, 6.07) is 8.42. The second-order valence-corrected chi connectivity index (χ2v) is 6.15. The maximum absolute atomic E-state index is 6.04. The van der Waals surface area contributed by atoms with Gasteiger partial charge in [-0.15, -0.1) is 0 Å². The molecule has 1 heterocycles. The highest BCUT2D eigenvalue weighted by molar-refractivity contribution is 9.10. The SMILES string of the molecule is CN(C)C1(CN)CCCN(c2ccccc2Br)C1. The van der Waals surface area contributed by atoms with Crippen molar-refractivity contribution in [3.8, 4) is 0 Å². The Balaban J connectivity index is 2.24. The van der Waals surface area contributed by atoms with Gasteiger partial charge in [-0.05, 0) is 55.0 Å². The highest BCUT2D eigenvalue weighted by atomic mass is 79.9. The summed E-state index contributed by atoms with van der Waals surface area (Å²) >= 11 is 3.64. The molecule has 0 spiro atoms. The van der Waals surface area contributed by atoms with Gasteiger partial charge in [0.25, 0.3) is 0 Å². The Hall–Kier alpha value is -0.580. The largest absolute Gasteiger partial charge is 0.369 e. The Bertz CT molecular complexity index is 408. The Morgan fingerprint density at radius 1 is 1.39 bits per heavy atom. The zero-order valence-corrected chi connectivity index (χ0v) is 12.8. The van der Waals surface area contributed by atoms with Crippen LogP contribution in [0.4, 0.5) is 5.69 Å². The van der Waals surface area contributed by atoms with Crippen LogP contribution in [0, 0.1) is 0 Å². The Kier molecular flexibility index (Phi) is 4.30. The van der Waals surface area contributed by atoms with Gasteiger partial charge in [0.2, 0.25) is 0 Å². The summed E-state index contributed by atoms with van der Waals surface area (Å²) in [6.45, 7) is 2.82. The standard InChI is InChI=1S/C14H22BrN3/c1-17(2)14(10-16)8-5-9-18(11-14)13-7-4-3-6-12(13)15/h3-4,6-7H,5,8-11,16H2,1-2H3. The number of rotatable bonds is 3. The third-order valence-corrected chi connectivity index (χ3v) is 4.75. The Labute approximate surface area is 118 Å². The van der Waals surface area contributed by atoms with Gasteiger partial charge in [0, 0.05) is 24.1 Å². The number of hydrogen-bond donors (Lipinski definition) is 1. The molecule has 1 aromatic carbocycles. The van der Waals surface area contributed by atoms with Gasteiger partial charge in [-0.1, -0.05) is 12.1 Å². The van der Waals surface area contributed by atoms with Gasteiger partial charge < -0.3 is 15.5 Å². The van der Waals surface area contributed by atoms with E-state index in [1.165, 1.54) is 18.5 Å². The second-order valence-electron chi connectivity index (χ2n) is 5.30. The van der Waals surface area contributed by atoms with E-state index in [-0.39, 0.29) is 5.54 Å². The molecule has 0 radical (unpaired) electrons. The molecule has 4 heteroatoms. The number of nitrogens with two attached hydrogens (primary N) is 1. The average Bonchev–Trinajstić information content (AvgIpc) is 2.39. The molecule has 1 aliphatic rings. The van der Waals surface area contributed by atoms with E-state index < -0.39 is 0 Å². The zero-order valence-electron chi connectivity index (χ0n) is 11.2. The summed E-state index contributed by atoms with van der Waals surface area (Å²) in [5, 5.41) is 0. The first-order chi connectivity index (χ1) is 8.59. The zero-order chi connectivity index (χ0) is 13.2. The molecule has 0 saturated carbocycles. The van der Waals surface area contributed by atoms with Crippen molar-refractivity contribution in [2.75, 3.05) is 38.6 Å². The number of benzene rings is 1. The predicted molar refractivity (Wildman–Crippen MR) is 81.1 cm³/mol. The molecule has 1 unspecified atom stereocenters. The van der Waals surface area contributed by atoms with Crippen LogP contribution in [0.1, 0.15) is 12.8 Å². The van der Waals surface area contributed by atoms with Gasteiger partial charge in [0.15, 0.2) is 0 Å². The lowest BCUT2D eigenvalue weighted by atomic mass is 9.87. The van der Waals surface area contributed by atoms with Gasteiger partial charge in [0.05, 0.1) is 11.2 Å². The van der Waals surface area contributed by atoms with Gasteiger partial charge in [-0.3, -0.25) is 0 Å². The van der Waals surface area contributed by atoms with E-state index in [2.05, 4.69) is 64.1 Å². The third-order valence-electron chi connectivity index (χ3n) is 4.08. The third kappa shape index (κ3) is 2.56. The fourth-order valence-corrected chi connectivity index (χ4v) is 3.28. The van der Waals surface area contributed by atoms with Gasteiger partial charge >= 0.3 is 0 Å². The lowest BCUT2D eigenvalue weighted by Crippen LogP contribution is -2.60. The Morgan fingerprint density at radius 2 is 2.11 bits per heavy atom. The van der Waals surface area contributed by atoms with Crippen LogP contribution in [0.15, 0.2) is 28.7 Å². The van der Waals surface area contributed by atoms with Crippen LogP contribution in [0.5, 0.6) is 0 Å². The quantitative estimate of drug-likeness (QED) is 0.930. The lowest BCUT2D eigenvalue weighted by Gasteiger charge is -2.47. The van der Waals surface area contributed by atoms with Crippen LogP contribution >= 0.6 is 15.9 Å². The number of para-hydroxylation sites is 1. The molecule has 18 heavy (non-hydrogen) atoms. The van der Waals surface area contributed by atoms with Gasteiger partial charge in [-0.2, -0.15) is 0 Å². The van der Waals surface area contributed by atoms with Crippen LogP contribution in [0.3, 0.4) is 0 Å². The number of hydrogen-bond acceptors (Lipinski definition) is 3. The van der Waals surface area contributed by atoms with E-state index in [1.807, 2.05) is 0 Å². The van der Waals surface area contributed by atoms with E-state index in [0.717, 1.165) is 17.6 Å². The molecule has 1 atom stereocenters. The van der Waals surface area contributed by atoms with Gasteiger partial charge in [-0.25, -0.2) is 0 Å². The lowest BCUT2D eigenvalue weighted by molar-refractivity contribution is 0.135. The molecular weight excluding hydrogens is 290 g/mol. The topological polar surface area (TPSA) is 32.5 Å². The van der Waals surface area contributed by atoms with E-state index in [0.29, 0.717) is 6.54 Å². The summed E-state index contributed by atoms with van der Waals surface area (Å²) in [6.07, 6.45) is 2.37. The van der Waals surface area contributed by atoms with E-state index in [9.17, 15) is 0 Å². The monoisotopic (exact) mass is 311 g/mol. The highest BCUT2D eigenvalue weighted by Gasteiger charge is 2.36. The van der Waals surface area contributed by atoms with Crippen LogP contribution < -0.4 is 10.6 Å². The molecule has 2 rings (SSSR count). The van der Waals surface area contributed by atoms with Crippen molar-refractivity contribution in [1.82, 2.24) is 4.90 Å². The maximum atomic E-state index is 6.04. The van der Waals surface area contributed by atoms with E-state index >= 15 is 0 Å². The molecule has 100 valence electrons. The molecular formula is C14H22BrN3. The molecule has 0 bridgehead atoms. The summed E-state index contributed by atoms with van der Waals surface area (Å²) in [5.41, 5.74) is 7.42. The molecule has 1 aliphatic heterocycles. The molecule has 0 aliphatic carbocycles. The van der Waals surface area contributed by atoms with Crippen molar-refractivity contribution >= 4 is 21.6 Å². The normalized spacial score (nSPS) is 24.6. The van der Waals surface area contributed by atoms with Crippen molar-refractivity contribution in [1.29, 1.82) is 0 Å². The van der Waals surface area contributed by atoms with Crippen LogP contribution in [-0.4, -0.2) is 44.2 Å². The van der Waals surface area contributed by atoms with E-state index in [4.69, 9.17) is 5.73 Å². The van der Waals surface area contributed by atoms with Crippen molar-refractivity contribution in [2.45, 2.75) is 18.4 Å². The summed E-state index contributed by atoms with van der Waals surface area (Å²) < 4.78 is 1.16. The number of likely N-dealkylation sites (N-methyl/N-ethyl adjacent to an activating group) is 1. The van der Waals surface area contributed by atoms with Crippen molar-refractivity contribution in [3.05, 3.63) is 28.7 Å². The first-order valence-electron chi connectivity index (χ1n) is 6.46. The molecule has 0 aromatic heterocycles. The summed E-state index contributed by atoms with van der Waals surface area (Å²) in [5.74, 6) is 0. The number of halogens is 1. The summed E-state index contributed by atoms with van der Waals surface area (Å²) in [4.78, 5) is 4.73. The van der Waals surface area contributed by atoms with Gasteiger partial charge in [0.1, 0.15) is 0 Å². The first-order valence-corrected chi connectivity index (χ1v) is 7.25. The fourth-order valence-electron chi connectivity index (χ4n) is 2.74. The minimum Gasteiger partial charge on any atom is -0.369 e. The van der Waals surface area contributed by atoms with Crippen molar-refractivity contribution in [2.24, 2.45) is 5.73 Å². The highest BCUT2D eigenvalue weighted by Crippen LogP contribution is 2.32. The minimum absolute atomic E-state index is 0.105. The van der Waals surface area contributed by atoms with Crippen LogP contribution in [0.2, 0.25) is 0 Å². The molecule has 1 fully saturated rings. The molecule has 2 N–H and O–H groups in total. The van der Waals surface area contributed by atoms with Crippen molar-refractivity contribution in [3.63, 3.8) is 0 Å². The minimum atomic E-state index is 0.105. The summed E-state index contributed by atoms with van der Waals surface area (Å²) in [7, 11) is 4.27. The van der Waals surface area contributed by atoms with Crippen LogP contribution in [0.25, 0.3) is 0 Å². The van der Waals surface area contributed by atoms with Crippen LogP contribution in [-0.2, 0) is 0 Å². The molecule has 0 amide bonds. The second kappa shape index (κ2) is 5.59. The van der Waals surface area contributed by atoms with Crippen molar-refractivity contribution < 1.29 is 0 Å². The Morgan fingerprint density at radius 3 is 2.72 bits per heavy atom. The molecule has 1 aromatic rings. The maximum Gasteiger partial charge on any atom is 0.0511 e.